The van der Waals surface area contributed by atoms with Crippen molar-refractivity contribution in [2.45, 2.75) is 25.3 Å². The average Bonchev–Trinajstić information content (AvgIpc) is 3.36. The summed E-state index contributed by atoms with van der Waals surface area (Å²) in [4.78, 5) is 21.0. The van der Waals surface area contributed by atoms with E-state index < -0.39 is 0 Å². The van der Waals surface area contributed by atoms with E-state index in [9.17, 15) is 4.79 Å². The monoisotopic (exact) mass is 408 g/mol. The molecule has 6 heteroatoms. The van der Waals surface area contributed by atoms with E-state index in [2.05, 4.69) is 6.07 Å². The van der Waals surface area contributed by atoms with E-state index in [1.54, 1.807) is 22.9 Å². The highest BCUT2D eigenvalue weighted by Crippen LogP contribution is 2.35. The quantitative estimate of drug-likeness (QED) is 0.376. The van der Waals surface area contributed by atoms with Gasteiger partial charge in [-0.1, -0.05) is 23.5 Å². The Labute approximate surface area is 172 Å². The largest absolute Gasteiger partial charge is 0.467 e. The minimum atomic E-state index is -0.0794. The standard InChI is InChI=1S/C22H20N2O2S2/c1-14-9-10-16(12-15(14)2)21(25)24(13-17-6-5-11-26-17)22-23-20-18(27-3)7-4-8-19(20)28-22/h4-12H,13H2,1-3H3. The van der Waals surface area contributed by atoms with Crippen LogP contribution in [0.3, 0.4) is 0 Å². The maximum Gasteiger partial charge on any atom is 0.260 e. The lowest BCUT2D eigenvalue weighted by molar-refractivity contribution is 0.0983. The Morgan fingerprint density at radius 2 is 2.00 bits per heavy atom. The number of aromatic nitrogens is 1. The lowest BCUT2D eigenvalue weighted by Crippen LogP contribution is -2.30. The Balaban J connectivity index is 1.79. The van der Waals surface area contributed by atoms with Gasteiger partial charge in [-0.2, -0.15) is 0 Å². The normalized spacial score (nSPS) is 11.1. The highest BCUT2D eigenvalue weighted by atomic mass is 32.2. The van der Waals surface area contributed by atoms with Gasteiger partial charge in [-0.3, -0.25) is 9.69 Å². The fraction of sp³-hybridized carbons (Fsp3) is 0.182. The molecule has 4 nitrogen and oxygen atoms in total. The number of para-hydroxylation sites is 1. The molecule has 0 bridgehead atoms. The first-order chi connectivity index (χ1) is 13.6. The van der Waals surface area contributed by atoms with Crippen molar-refractivity contribution in [3.63, 3.8) is 0 Å². The Morgan fingerprint density at radius 1 is 1.14 bits per heavy atom. The lowest BCUT2D eigenvalue weighted by atomic mass is 10.1. The third kappa shape index (κ3) is 3.57. The number of thioether (sulfide) groups is 1. The molecule has 4 aromatic rings. The van der Waals surface area contributed by atoms with Crippen molar-refractivity contribution in [1.82, 2.24) is 4.98 Å². The number of benzene rings is 2. The van der Waals surface area contributed by atoms with Crippen molar-refractivity contribution in [3.8, 4) is 0 Å². The number of carbonyl (C=O) groups is 1. The van der Waals surface area contributed by atoms with E-state index >= 15 is 0 Å². The smallest absolute Gasteiger partial charge is 0.260 e. The molecule has 0 fully saturated rings. The zero-order valence-electron chi connectivity index (χ0n) is 15.9. The van der Waals surface area contributed by atoms with Crippen molar-refractivity contribution in [2.24, 2.45) is 0 Å². The summed E-state index contributed by atoms with van der Waals surface area (Å²) in [6, 6.07) is 15.6. The lowest BCUT2D eigenvalue weighted by Gasteiger charge is -2.19. The van der Waals surface area contributed by atoms with Gasteiger partial charge in [0.1, 0.15) is 5.76 Å². The first-order valence-electron chi connectivity index (χ1n) is 8.92. The first-order valence-corrected chi connectivity index (χ1v) is 11.0. The van der Waals surface area contributed by atoms with Crippen molar-refractivity contribution in [2.75, 3.05) is 11.2 Å². The second-order valence-electron chi connectivity index (χ2n) is 6.57. The molecular weight excluding hydrogens is 388 g/mol. The summed E-state index contributed by atoms with van der Waals surface area (Å²) in [6.07, 6.45) is 3.66. The van der Waals surface area contributed by atoms with Crippen LogP contribution in [-0.2, 0) is 6.54 Å². The van der Waals surface area contributed by atoms with Crippen LogP contribution in [0.2, 0.25) is 0 Å². The van der Waals surface area contributed by atoms with Gasteiger partial charge in [0.05, 0.1) is 23.0 Å². The van der Waals surface area contributed by atoms with Crippen LogP contribution >= 0.6 is 23.1 Å². The number of nitrogens with zero attached hydrogens (tertiary/aromatic N) is 2. The SMILES string of the molecule is CSc1cccc2sc(N(Cc3ccco3)C(=O)c3ccc(C)c(C)c3)nc12. The van der Waals surface area contributed by atoms with Gasteiger partial charge >= 0.3 is 0 Å². The molecule has 0 aliphatic carbocycles. The molecule has 2 aromatic heterocycles. The van der Waals surface area contributed by atoms with Crippen LogP contribution in [0.25, 0.3) is 10.2 Å². The molecule has 2 aromatic carbocycles. The number of rotatable bonds is 5. The Kier molecular flexibility index (Phi) is 5.24. The molecule has 0 saturated heterocycles. The molecule has 0 aliphatic heterocycles. The highest BCUT2D eigenvalue weighted by Gasteiger charge is 2.23. The molecule has 2 heterocycles. The van der Waals surface area contributed by atoms with Gasteiger partial charge in [-0.25, -0.2) is 4.98 Å². The maximum atomic E-state index is 13.4. The minimum absolute atomic E-state index is 0.0794. The number of hydrogen-bond acceptors (Lipinski definition) is 5. The third-order valence-electron chi connectivity index (χ3n) is 4.71. The van der Waals surface area contributed by atoms with Crippen molar-refractivity contribution < 1.29 is 9.21 Å². The predicted molar refractivity (Wildman–Crippen MR) is 117 cm³/mol. The first kappa shape index (κ1) is 18.8. The third-order valence-corrected chi connectivity index (χ3v) is 6.53. The van der Waals surface area contributed by atoms with Crippen LogP contribution in [0.15, 0.2) is 64.1 Å². The van der Waals surface area contributed by atoms with E-state index in [4.69, 9.17) is 9.40 Å². The van der Waals surface area contributed by atoms with Crippen molar-refractivity contribution in [1.29, 1.82) is 0 Å². The number of anilines is 1. The molecule has 0 spiro atoms. The van der Waals surface area contributed by atoms with E-state index in [0.29, 0.717) is 17.2 Å². The molecule has 142 valence electrons. The van der Waals surface area contributed by atoms with Crippen LogP contribution in [0.4, 0.5) is 5.13 Å². The second kappa shape index (κ2) is 7.81. The molecule has 0 aliphatic rings. The highest BCUT2D eigenvalue weighted by molar-refractivity contribution is 7.98. The van der Waals surface area contributed by atoms with E-state index in [0.717, 1.165) is 26.4 Å². The fourth-order valence-corrected chi connectivity index (χ4v) is 4.63. The van der Waals surface area contributed by atoms with Gasteiger partial charge in [-0.05, 0) is 67.6 Å². The number of amides is 1. The molecule has 0 saturated carbocycles. The van der Waals surface area contributed by atoms with Crippen LogP contribution in [0, 0.1) is 13.8 Å². The number of furan rings is 1. The maximum absolute atomic E-state index is 13.4. The average molecular weight is 409 g/mol. The summed E-state index contributed by atoms with van der Waals surface area (Å²) in [6.45, 7) is 4.40. The zero-order chi connectivity index (χ0) is 19.7. The van der Waals surface area contributed by atoms with E-state index in [1.807, 2.05) is 62.6 Å². The van der Waals surface area contributed by atoms with Gasteiger partial charge in [0.25, 0.3) is 5.91 Å². The van der Waals surface area contributed by atoms with E-state index in [-0.39, 0.29) is 5.91 Å². The zero-order valence-corrected chi connectivity index (χ0v) is 17.6. The summed E-state index contributed by atoms with van der Waals surface area (Å²) in [5.41, 5.74) is 3.85. The molecule has 4 rings (SSSR count). The summed E-state index contributed by atoms with van der Waals surface area (Å²) in [5.74, 6) is 0.644. The van der Waals surface area contributed by atoms with Crippen LogP contribution in [0.5, 0.6) is 0 Å². The predicted octanol–water partition coefficient (Wildman–Crippen LogP) is 6.08. The van der Waals surface area contributed by atoms with Gasteiger partial charge in [0.15, 0.2) is 5.13 Å². The Hall–Kier alpha value is -2.57. The number of hydrogen-bond donors (Lipinski definition) is 0. The van der Waals surface area contributed by atoms with Crippen molar-refractivity contribution >= 4 is 44.4 Å². The second-order valence-corrected chi connectivity index (χ2v) is 8.43. The molecule has 0 unspecified atom stereocenters. The molecular formula is C22H20N2O2S2. The number of fused-ring (bicyclic) bond motifs is 1. The number of carbonyl (C=O) groups excluding carboxylic acids is 1. The Morgan fingerprint density at radius 3 is 2.71 bits per heavy atom. The fourth-order valence-electron chi connectivity index (χ4n) is 3.01. The molecule has 0 N–H and O–H groups in total. The van der Waals surface area contributed by atoms with Gasteiger partial charge in [0.2, 0.25) is 0 Å². The molecule has 0 atom stereocenters. The number of thiazole rings is 1. The summed E-state index contributed by atoms with van der Waals surface area (Å²) in [5, 5.41) is 0.677. The van der Waals surface area contributed by atoms with Crippen molar-refractivity contribution in [3.05, 3.63) is 77.2 Å². The molecule has 28 heavy (non-hydrogen) atoms. The summed E-state index contributed by atoms with van der Waals surface area (Å²) in [7, 11) is 0. The van der Waals surface area contributed by atoms with E-state index in [1.165, 1.54) is 16.9 Å². The number of aryl methyl sites for hydroxylation is 2. The van der Waals surface area contributed by atoms with Gasteiger partial charge in [-0.15, -0.1) is 11.8 Å². The molecule has 0 radical (unpaired) electrons. The minimum Gasteiger partial charge on any atom is -0.467 e. The van der Waals surface area contributed by atoms with Crippen LogP contribution in [0.1, 0.15) is 27.2 Å². The van der Waals surface area contributed by atoms with Gasteiger partial charge in [0, 0.05) is 10.5 Å². The van der Waals surface area contributed by atoms with Crippen LogP contribution < -0.4 is 4.90 Å². The van der Waals surface area contributed by atoms with Gasteiger partial charge < -0.3 is 4.42 Å². The summed E-state index contributed by atoms with van der Waals surface area (Å²) < 4.78 is 6.58. The summed E-state index contributed by atoms with van der Waals surface area (Å²) >= 11 is 3.19. The van der Waals surface area contributed by atoms with Crippen LogP contribution in [-0.4, -0.2) is 17.1 Å². The molecule has 1 amide bonds. The Bertz CT molecular complexity index is 1130. The topological polar surface area (TPSA) is 46.3 Å².